The van der Waals surface area contributed by atoms with Gasteiger partial charge in [-0.1, -0.05) is 30.3 Å². The van der Waals surface area contributed by atoms with E-state index in [1.165, 1.54) is 6.39 Å². The third-order valence-corrected chi connectivity index (χ3v) is 2.58. The van der Waals surface area contributed by atoms with E-state index in [9.17, 15) is 0 Å². The molecule has 2 aromatic rings. The predicted octanol–water partition coefficient (Wildman–Crippen LogP) is 3.16. The predicted molar refractivity (Wildman–Crippen MR) is 95.6 cm³/mol. The molecular formula is C15H21IN4O. The quantitative estimate of drug-likeness (QED) is 0.472. The van der Waals surface area contributed by atoms with Crippen LogP contribution < -0.4 is 11.1 Å². The minimum atomic E-state index is -0.111. The highest BCUT2D eigenvalue weighted by atomic mass is 127. The number of aliphatic imine (C=N–C) groups is 1. The summed E-state index contributed by atoms with van der Waals surface area (Å²) in [6, 6.07) is 9.83. The minimum absolute atomic E-state index is 0. The summed E-state index contributed by atoms with van der Waals surface area (Å²) in [5, 5.41) is 3.11. The van der Waals surface area contributed by atoms with Crippen LogP contribution in [0.3, 0.4) is 0 Å². The Morgan fingerprint density at radius 1 is 1.29 bits per heavy atom. The average molecular weight is 400 g/mol. The summed E-state index contributed by atoms with van der Waals surface area (Å²) in [7, 11) is 0. The van der Waals surface area contributed by atoms with Crippen molar-refractivity contribution in [2.24, 2.45) is 10.7 Å². The van der Waals surface area contributed by atoms with Crippen LogP contribution in [0, 0.1) is 0 Å². The van der Waals surface area contributed by atoms with Gasteiger partial charge in [-0.25, -0.2) is 9.98 Å². The lowest BCUT2D eigenvalue weighted by atomic mass is 10.1. The van der Waals surface area contributed by atoms with Gasteiger partial charge in [0.25, 0.3) is 0 Å². The van der Waals surface area contributed by atoms with Gasteiger partial charge in [-0.15, -0.1) is 24.0 Å². The van der Waals surface area contributed by atoms with Crippen LogP contribution in [-0.2, 0) is 6.54 Å². The summed E-state index contributed by atoms with van der Waals surface area (Å²) in [4.78, 5) is 8.50. The third kappa shape index (κ3) is 5.37. The number of rotatable bonds is 3. The number of hydrogen-bond acceptors (Lipinski definition) is 3. The summed E-state index contributed by atoms with van der Waals surface area (Å²) in [6.07, 6.45) is 1.43. The molecule has 3 N–H and O–H groups in total. The van der Waals surface area contributed by atoms with E-state index in [0.717, 1.165) is 17.0 Å². The van der Waals surface area contributed by atoms with Crippen molar-refractivity contribution in [3.8, 4) is 11.3 Å². The van der Waals surface area contributed by atoms with Crippen molar-refractivity contribution in [1.29, 1.82) is 0 Å². The van der Waals surface area contributed by atoms with Crippen molar-refractivity contribution in [3.05, 3.63) is 42.4 Å². The average Bonchev–Trinajstić information content (AvgIpc) is 2.83. The molecule has 0 spiro atoms. The number of nitrogens with two attached hydrogens (primary N) is 1. The first-order valence-electron chi connectivity index (χ1n) is 6.51. The first kappa shape index (κ1) is 17.5. The molecule has 0 amide bonds. The highest BCUT2D eigenvalue weighted by Gasteiger charge is 2.12. The highest BCUT2D eigenvalue weighted by Crippen LogP contribution is 2.23. The maximum atomic E-state index is 5.85. The number of nitrogens with one attached hydrogen (secondary N) is 1. The minimum Gasteiger partial charge on any atom is -0.443 e. The van der Waals surface area contributed by atoms with Gasteiger partial charge in [0.05, 0.1) is 6.54 Å². The number of hydrogen-bond donors (Lipinski definition) is 2. The first-order valence-corrected chi connectivity index (χ1v) is 6.51. The maximum absolute atomic E-state index is 5.85. The fraction of sp³-hybridized carbons (Fsp3) is 0.333. The molecule has 0 saturated heterocycles. The third-order valence-electron chi connectivity index (χ3n) is 2.58. The van der Waals surface area contributed by atoms with Gasteiger partial charge >= 0.3 is 0 Å². The molecule has 0 aliphatic heterocycles. The van der Waals surface area contributed by atoms with Crippen LogP contribution in [0.5, 0.6) is 0 Å². The number of halogens is 1. The zero-order chi connectivity index (χ0) is 14.6. The lowest BCUT2D eigenvalue weighted by Gasteiger charge is -2.20. The molecule has 5 nitrogen and oxygen atoms in total. The standard InChI is InChI=1S/C15H20N4O.HI/c1-15(2,3)19-14(16)17-9-12-13(20-10-18-12)11-7-5-4-6-8-11;/h4-8,10H,9H2,1-3H3,(H3,16,17,19);1H. The zero-order valence-corrected chi connectivity index (χ0v) is 14.8. The van der Waals surface area contributed by atoms with E-state index in [4.69, 9.17) is 10.2 Å². The molecule has 0 atom stereocenters. The molecule has 0 aliphatic rings. The smallest absolute Gasteiger partial charge is 0.189 e. The van der Waals surface area contributed by atoms with Crippen LogP contribution in [0.15, 0.2) is 46.1 Å². The Hall–Kier alpha value is -1.57. The number of aromatic nitrogens is 1. The van der Waals surface area contributed by atoms with Gasteiger partial charge in [0.2, 0.25) is 0 Å². The maximum Gasteiger partial charge on any atom is 0.189 e. The lowest BCUT2D eigenvalue weighted by Crippen LogP contribution is -2.44. The molecule has 2 rings (SSSR count). The summed E-state index contributed by atoms with van der Waals surface area (Å²) in [6.45, 7) is 6.47. The van der Waals surface area contributed by atoms with Crippen LogP contribution in [0.4, 0.5) is 0 Å². The fourth-order valence-electron chi connectivity index (χ4n) is 1.79. The second-order valence-electron chi connectivity index (χ2n) is 5.57. The molecule has 0 fully saturated rings. The molecule has 1 aromatic heterocycles. The molecule has 1 heterocycles. The Morgan fingerprint density at radius 2 is 1.95 bits per heavy atom. The summed E-state index contributed by atoms with van der Waals surface area (Å²) in [5.74, 6) is 1.14. The molecule has 0 unspecified atom stereocenters. The molecule has 1 aromatic carbocycles. The van der Waals surface area contributed by atoms with Crippen LogP contribution >= 0.6 is 24.0 Å². The molecule has 0 saturated carbocycles. The van der Waals surface area contributed by atoms with Crippen LogP contribution in [0.25, 0.3) is 11.3 Å². The largest absolute Gasteiger partial charge is 0.443 e. The number of benzene rings is 1. The van der Waals surface area contributed by atoms with Gasteiger partial charge in [0.1, 0.15) is 5.69 Å². The van der Waals surface area contributed by atoms with Gasteiger partial charge < -0.3 is 15.5 Å². The Bertz CT molecular complexity index is 587. The molecule has 0 bridgehead atoms. The van der Waals surface area contributed by atoms with Gasteiger partial charge in [-0.05, 0) is 20.8 Å². The van der Waals surface area contributed by atoms with Gasteiger partial charge in [-0.3, -0.25) is 0 Å². The molecule has 0 aliphatic carbocycles. The number of nitrogens with zero attached hydrogens (tertiary/aromatic N) is 2. The zero-order valence-electron chi connectivity index (χ0n) is 12.5. The van der Waals surface area contributed by atoms with E-state index in [1.54, 1.807) is 0 Å². The highest BCUT2D eigenvalue weighted by molar-refractivity contribution is 14.0. The molecular weight excluding hydrogens is 379 g/mol. The Balaban J connectivity index is 0.00000220. The van der Waals surface area contributed by atoms with Crippen molar-refractivity contribution < 1.29 is 4.42 Å². The second kappa shape index (κ2) is 7.44. The molecule has 114 valence electrons. The fourth-order valence-corrected chi connectivity index (χ4v) is 1.79. The first-order chi connectivity index (χ1) is 9.46. The van der Waals surface area contributed by atoms with Crippen LogP contribution in [0.1, 0.15) is 26.5 Å². The monoisotopic (exact) mass is 400 g/mol. The van der Waals surface area contributed by atoms with Gasteiger partial charge in [0, 0.05) is 11.1 Å². The summed E-state index contributed by atoms with van der Waals surface area (Å²) < 4.78 is 5.44. The van der Waals surface area contributed by atoms with E-state index >= 15 is 0 Å². The Morgan fingerprint density at radius 3 is 2.57 bits per heavy atom. The van der Waals surface area contributed by atoms with E-state index in [2.05, 4.69) is 15.3 Å². The lowest BCUT2D eigenvalue weighted by molar-refractivity contribution is 0.508. The number of guanidine groups is 1. The molecule has 0 radical (unpaired) electrons. The molecule has 6 heteroatoms. The number of oxazole rings is 1. The van der Waals surface area contributed by atoms with Gasteiger partial charge in [0.15, 0.2) is 18.1 Å². The van der Waals surface area contributed by atoms with Crippen molar-refractivity contribution in [3.63, 3.8) is 0 Å². The van der Waals surface area contributed by atoms with Crippen molar-refractivity contribution in [2.75, 3.05) is 0 Å². The summed E-state index contributed by atoms with van der Waals surface area (Å²) >= 11 is 0. The van der Waals surface area contributed by atoms with Crippen molar-refractivity contribution in [1.82, 2.24) is 10.3 Å². The van der Waals surface area contributed by atoms with E-state index in [1.807, 2.05) is 51.1 Å². The van der Waals surface area contributed by atoms with E-state index in [-0.39, 0.29) is 29.5 Å². The van der Waals surface area contributed by atoms with Crippen molar-refractivity contribution >= 4 is 29.9 Å². The van der Waals surface area contributed by atoms with Crippen molar-refractivity contribution in [2.45, 2.75) is 32.9 Å². The normalized spacial score (nSPS) is 11.9. The van der Waals surface area contributed by atoms with Crippen LogP contribution in [0.2, 0.25) is 0 Å². The second-order valence-corrected chi connectivity index (χ2v) is 5.57. The van der Waals surface area contributed by atoms with E-state index in [0.29, 0.717) is 12.5 Å². The van der Waals surface area contributed by atoms with E-state index < -0.39 is 0 Å². The SMILES string of the molecule is CC(C)(C)NC(N)=NCc1ncoc1-c1ccccc1.I. The Kier molecular flexibility index (Phi) is 6.19. The molecule has 21 heavy (non-hydrogen) atoms. The van der Waals surface area contributed by atoms with Crippen LogP contribution in [-0.4, -0.2) is 16.5 Å². The Labute approximate surface area is 142 Å². The summed E-state index contributed by atoms with van der Waals surface area (Å²) in [5.41, 5.74) is 7.49. The van der Waals surface area contributed by atoms with Gasteiger partial charge in [-0.2, -0.15) is 0 Å². The topological polar surface area (TPSA) is 76.4 Å².